The number of carbonyl (C=O) groups excluding carboxylic acids is 1. The van der Waals surface area contributed by atoms with Gasteiger partial charge < -0.3 is 10.2 Å². The van der Waals surface area contributed by atoms with Crippen LogP contribution >= 0.6 is 0 Å². The second-order valence-corrected chi connectivity index (χ2v) is 6.87. The summed E-state index contributed by atoms with van der Waals surface area (Å²) in [5.74, 6) is -4.12. The summed E-state index contributed by atoms with van der Waals surface area (Å²) in [5.41, 5.74) is -2.41. The molecule has 1 aromatic rings. The molecule has 174 valence electrons. The standard InChI is InChI=1S/C20H21F5N4O.C2H4/c1-4-13(5-2)27-18(30)15-12(3)14(11-26)16(20(23,24)25)28-17(15)29-9-6-7-19(21,22)8-10-29;1-2/h4-5H,1,6-10H2,2-3H3,(H,27,30);1-2H2/b13-5+;. The van der Waals surface area contributed by atoms with Crippen molar-refractivity contribution in [1.82, 2.24) is 10.3 Å². The quantitative estimate of drug-likeness (QED) is 0.368. The molecule has 0 spiro atoms. The average molecular weight is 456 g/mol. The van der Waals surface area contributed by atoms with Gasteiger partial charge in [0.25, 0.3) is 5.91 Å². The van der Waals surface area contributed by atoms with Crippen molar-refractivity contribution in [3.8, 4) is 6.07 Å². The van der Waals surface area contributed by atoms with Crippen molar-refractivity contribution in [2.75, 3.05) is 18.0 Å². The van der Waals surface area contributed by atoms with Crippen LogP contribution in [0.3, 0.4) is 0 Å². The Morgan fingerprint density at radius 1 is 1.28 bits per heavy atom. The third-order valence-corrected chi connectivity index (χ3v) is 4.84. The zero-order valence-electron chi connectivity index (χ0n) is 18.0. The minimum atomic E-state index is -4.95. The van der Waals surface area contributed by atoms with Gasteiger partial charge in [0.2, 0.25) is 5.92 Å². The van der Waals surface area contributed by atoms with Gasteiger partial charge in [0, 0.05) is 31.6 Å². The summed E-state index contributed by atoms with van der Waals surface area (Å²) >= 11 is 0. The molecule has 10 heteroatoms. The van der Waals surface area contributed by atoms with Crippen LogP contribution in [0, 0.1) is 18.3 Å². The van der Waals surface area contributed by atoms with Gasteiger partial charge in [-0.2, -0.15) is 18.4 Å². The molecule has 0 radical (unpaired) electrons. The molecule has 1 amide bonds. The second-order valence-electron chi connectivity index (χ2n) is 6.87. The molecule has 0 atom stereocenters. The van der Waals surface area contributed by atoms with Gasteiger partial charge in [-0.15, -0.1) is 13.2 Å². The topological polar surface area (TPSA) is 69.0 Å². The van der Waals surface area contributed by atoms with Crippen LogP contribution in [-0.2, 0) is 6.18 Å². The van der Waals surface area contributed by atoms with Gasteiger partial charge in [0.05, 0.1) is 11.1 Å². The van der Waals surface area contributed by atoms with Crippen molar-refractivity contribution in [2.45, 2.75) is 45.2 Å². The van der Waals surface area contributed by atoms with Gasteiger partial charge in [-0.25, -0.2) is 13.8 Å². The van der Waals surface area contributed by atoms with E-state index >= 15 is 0 Å². The lowest BCUT2D eigenvalue weighted by atomic mass is 10.00. The van der Waals surface area contributed by atoms with E-state index in [2.05, 4.69) is 30.0 Å². The fraction of sp³-hybridized carbons (Fsp3) is 0.409. The highest BCUT2D eigenvalue weighted by molar-refractivity contribution is 6.02. The fourth-order valence-corrected chi connectivity index (χ4v) is 3.24. The Balaban J connectivity index is 0.00000249. The smallest absolute Gasteiger partial charge is 0.356 e. The fourth-order valence-electron chi connectivity index (χ4n) is 3.24. The van der Waals surface area contributed by atoms with Crippen LogP contribution in [0.2, 0.25) is 0 Å². The molecule has 2 heterocycles. The molecule has 1 N–H and O–H groups in total. The number of hydrogen-bond acceptors (Lipinski definition) is 4. The lowest BCUT2D eigenvalue weighted by Crippen LogP contribution is -2.33. The minimum Gasteiger partial charge on any atom is -0.356 e. The Kier molecular flexibility index (Phi) is 9.12. The number of pyridine rings is 1. The number of halogens is 5. The van der Waals surface area contributed by atoms with Gasteiger partial charge in [0.1, 0.15) is 11.9 Å². The number of rotatable bonds is 4. The third kappa shape index (κ3) is 6.15. The first kappa shape index (κ1) is 26.8. The molecular weight excluding hydrogens is 431 g/mol. The number of allylic oxidation sites excluding steroid dienone is 2. The number of nitrogens with one attached hydrogen (secondary N) is 1. The highest BCUT2D eigenvalue weighted by Crippen LogP contribution is 2.37. The molecule has 1 aromatic heterocycles. The van der Waals surface area contributed by atoms with E-state index in [4.69, 9.17) is 0 Å². The van der Waals surface area contributed by atoms with E-state index in [-0.39, 0.29) is 36.5 Å². The van der Waals surface area contributed by atoms with Crippen molar-refractivity contribution >= 4 is 11.7 Å². The highest BCUT2D eigenvalue weighted by atomic mass is 19.4. The van der Waals surface area contributed by atoms with Crippen LogP contribution in [0.4, 0.5) is 27.8 Å². The molecule has 5 nitrogen and oxygen atoms in total. The van der Waals surface area contributed by atoms with E-state index in [0.717, 1.165) is 0 Å². The minimum absolute atomic E-state index is 0.00341. The predicted octanol–water partition coefficient (Wildman–Crippen LogP) is 5.53. The lowest BCUT2D eigenvalue weighted by Gasteiger charge is -2.27. The van der Waals surface area contributed by atoms with E-state index < -0.39 is 42.1 Å². The summed E-state index contributed by atoms with van der Waals surface area (Å²) in [6.07, 6.45) is -3.07. The van der Waals surface area contributed by atoms with Crippen LogP contribution in [-0.4, -0.2) is 29.9 Å². The van der Waals surface area contributed by atoms with E-state index in [9.17, 15) is 32.0 Å². The Bertz CT molecular complexity index is 932. The average Bonchev–Trinajstić information content (AvgIpc) is 2.92. The van der Waals surface area contributed by atoms with Gasteiger partial charge in [-0.05, 0) is 31.9 Å². The summed E-state index contributed by atoms with van der Waals surface area (Å²) in [7, 11) is 0. The molecule has 32 heavy (non-hydrogen) atoms. The highest BCUT2D eigenvalue weighted by Gasteiger charge is 2.40. The van der Waals surface area contributed by atoms with Crippen molar-refractivity contribution in [2.24, 2.45) is 0 Å². The van der Waals surface area contributed by atoms with E-state index in [1.165, 1.54) is 30.0 Å². The number of hydrogen-bond donors (Lipinski definition) is 1. The third-order valence-electron chi connectivity index (χ3n) is 4.84. The Morgan fingerprint density at radius 2 is 1.91 bits per heavy atom. The molecule has 0 unspecified atom stereocenters. The molecule has 0 aliphatic carbocycles. The number of amides is 1. The Morgan fingerprint density at radius 3 is 2.41 bits per heavy atom. The summed E-state index contributed by atoms with van der Waals surface area (Å²) in [5, 5.41) is 11.8. The molecule has 2 rings (SSSR count). The van der Waals surface area contributed by atoms with Crippen LogP contribution < -0.4 is 10.2 Å². The molecule has 1 aliphatic heterocycles. The number of anilines is 1. The number of nitrogens with zero attached hydrogens (tertiary/aromatic N) is 3. The predicted molar refractivity (Wildman–Crippen MR) is 112 cm³/mol. The van der Waals surface area contributed by atoms with Gasteiger partial charge in [-0.3, -0.25) is 4.79 Å². The van der Waals surface area contributed by atoms with Crippen molar-refractivity contribution < 1.29 is 26.7 Å². The molecule has 0 aromatic carbocycles. The summed E-state index contributed by atoms with van der Waals surface area (Å²) in [4.78, 5) is 17.7. The van der Waals surface area contributed by atoms with Crippen molar-refractivity contribution in [3.05, 3.63) is 60.0 Å². The zero-order valence-corrected chi connectivity index (χ0v) is 18.0. The largest absolute Gasteiger partial charge is 0.434 e. The maximum Gasteiger partial charge on any atom is 0.434 e. The first-order valence-electron chi connectivity index (χ1n) is 9.70. The van der Waals surface area contributed by atoms with Crippen LogP contribution in [0.25, 0.3) is 0 Å². The summed E-state index contributed by atoms with van der Waals surface area (Å²) < 4.78 is 68.2. The summed E-state index contributed by atoms with van der Waals surface area (Å²) in [6, 6.07) is 1.47. The van der Waals surface area contributed by atoms with E-state index in [1.807, 2.05) is 0 Å². The van der Waals surface area contributed by atoms with Crippen LogP contribution in [0.5, 0.6) is 0 Å². The molecule has 0 saturated carbocycles. The second kappa shape index (κ2) is 10.9. The van der Waals surface area contributed by atoms with Crippen LogP contribution in [0.1, 0.15) is 53.4 Å². The molecule has 1 saturated heterocycles. The van der Waals surface area contributed by atoms with Crippen LogP contribution in [0.15, 0.2) is 37.6 Å². The zero-order chi connectivity index (χ0) is 24.7. The van der Waals surface area contributed by atoms with E-state index in [1.54, 1.807) is 6.92 Å². The number of alkyl halides is 5. The lowest BCUT2D eigenvalue weighted by molar-refractivity contribution is -0.141. The SMILES string of the molecule is C=C.C=C/C(=C\C)NC(=O)c1c(N2CCCC(F)(F)CC2)nc(C(F)(F)F)c(C#N)c1C. The van der Waals surface area contributed by atoms with E-state index in [0.29, 0.717) is 5.70 Å². The Labute approximate surface area is 183 Å². The molecule has 0 bridgehead atoms. The first-order valence-corrected chi connectivity index (χ1v) is 9.70. The molecular formula is C22H25F5N4O. The number of aromatic nitrogens is 1. The maximum absolute atomic E-state index is 13.8. The monoisotopic (exact) mass is 456 g/mol. The normalized spacial score (nSPS) is 16.2. The molecule has 1 aliphatic rings. The summed E-state index contributed by atoms with van der Waals surface area (Å²) in [6.45, 7) is 12.1. The van der Waals surface area contributed by atoms with Gasteiger partial charge >= 0.3 is 6.18 Å². The number of carbonyl (C=O) groups is 1. The van der Waals surface area contributed by atoms with Gasteiger partial charge in [-0.1, -0.05) is 12.7 Å². The number of nitriles is 1. The first-order chi connectivity index (χ1) is 14.9. The molecule has 1 fully saturated rings. The Hall–Kier alpha value is -3.22. The van der Waals surface area contributed by atoms with Crippen molar-refractivity contribution in [3.63, 3.8) is 0 Å². The van der Waals surface area contributed by atoms with Gasteiger partial charge in [0.15, 0.2) is 5.69 Å². The maximum atomic E-state index is 13.8. The van der Waals surface area contributed by atoms with Crippen molar-refractivity contribution in [1.29, 1.82) is 5.26 Å².